The molecule has 11 heteroatoms. The lowest BCUT2D eigenvalue weighted by Gasteiger charge is -2.40. The topological polar surface area (TPSA) is 118 Å². The van der Waals surface area contributed by atoms with E-state index < -0.39 is 53.6 Å². The van der Waals surface area contributed by atoms with E-state index in [2.05, 4.69) is 43.0 Å². The maximum Gasteiger partial charge on any atom is 0.132 e. The summed E-state index contributed by atoms with van der Waals surface area (Å²) in [6.07, 6.45) is 5.16. The molecule has 3 aliphatic heterocycles. The van der Waals surface area contributed by atoms with E-state index in [0.717, 1.165) is 62.2 Å². The number of likely N-dealkylation sites (tertiary alicyclic amines) is 1. The van der Waals surface area contributed by atoms with Crippen molar-refractivity contribution in [1.82, 2.24) is 4.90 Å². The number of aryl methyl sites for hydroxylation is 1. The number of halogens is 2. The van der Waals surface area contributed by atoms with Crippen molar-refractivity contribution in [3.8, 4) is 0 Å². The fraction of sp³-hybridized carbons (Fsp3) is 0.568. The second kappa shape index (κ2) is 15.3. The average Bonchev–Trinajstić information content (AvgIpc) is 3.55. The van der Waals surface area contributed by atoms with Gasteiger partial charge in [0.15, 0.2) is 0 Å². The second-order valence-corrected chi connectivity index (χ2v) is 14.6. The number of aliphatic hydroxyl groups excluding tert-OH is 3. The van der Waals surface area contributed by atoms with Crippen molar-refractivity contribution in [2.24, 2.45) is 11.7 Å². The number of benzene rings is 2. The summed E-state index contributed by atoms with van der Waals surface area (Å²) in [5, 5.41) is 31.5. The third kappa shape index (κ3) is 7.54. The highest BCUT2D eigenvalue weighted by Crippen LogP contribution is 2.38. The van der Waals surface area contributed by atoms with Crippen LogP contribution in [0.3, 0.4) is 0 Å². The van der Waals surface area contributed by atoms with Crippen LogP contribution >= 0.6 is 11.8 Å². The molecule has 8 nitrogen and oxygen atoms in total. The average molecular weight is 687 g/mol. The summed E-state index contributed by atoms with van der Waals surface area (Å²) in [7, 11) is 0. The van der Waals surface area contributed by atoms with Crippen LogP contribution in [0.1, 0.15) is 67.6 Å². The van der Waals surface area contributed by atoms with Crippen LogP contribution in [-0.4, -0.2) is 88.1 Å². The number of hydrogen-bond donors (Lipinski definition) is 4. The minimum atomic E-state index is -1.28. The smallest absolute Gasteiger partial charge is 0.132 e. The molecule has 6 rings (SSSR count). The SMILES string of the molecule is CCc1ccc([C@@H]2O[C@H](SC)[C@@H](O)[C@H](O)[C@H]2O)cc1CC1C=CC(O[C@@H]2CCN([C@H]3CO[C@H](c4cc(F)ccc4F)[C@@H](N)C3)C2)=C(C)C1. The second-order valence-electron chi connectivity index (χ2n) is 13.7. The Hall–Kier alpha value is -2.35. The Morgan fingerprint density at radius 3 is 2.58 bits per heavy atom. The van der Waals surface area contributed by atoms with Crippen LogP contribution in [0.25, 0.3) is 0 Å². The maximum absolute atomic E-state index is 14.4. The molecule has 1 unspecified atom stereocenters. The lowest BCUT2D eigenvalue weighted by atomic mass is 9.85. The molecule has 0 aromatic heterocycles. The molecule has 3 fully saturated rings. The first-order valence-electron chi connectivity index (χ1n) is 17.0. The first-order chi connectivity index (χ1) is 23.1. The van der Waals surface area contributed by atoms with Crippen molar-refractivity contribution in [2.75, 3.05) is 26.0 Å². The van der Waals surface area contributed by atoms with Gasteiger partial charge in [0.25, 0.3) is 0 Å². The van der Waals surface area contributed by atoms with Crippen LogP contribution in [0, 0.1) is 17.6 Å². The third-order valence-electron chi connectivity index (χ3n) is 10.4. The predicted molar refractivity (Wildman–Crippen MR) is 181 cm³/mol. The van der Waals surface area contributed by atoms with Gasteiger partial charge < -0.3 is 35.3 Å². The number of hydrogen-bond acceptors (Lipinski definition) is 9. The Kier molecular flexibility index (Phi) is 11.3. The largest absolute Gasteiger partial charge is 0.489 e. The Balaban J connectivity index is 1.04. The van der Waals surface area contributed by atoms with Crippen molar-refractivity contribution in [3.63, 3.8) is 0 Å². The van der Waals surface area contributed by atoms with E-state index >= 15 is 0 Å². The summed E-state index contributed by atoms with van der Waals surface area (Å²) >= 11 is 1.31. The zero-order chi connectivity index (χ0) is 34.1. The van der Waals surface area contributed by atoms with Gasteiger partial charge in [-0.3, -0.25) is 4.90 Å². The molecular weight excluding hydrogens is 638 g/mol. The highest BCUT2D eigenvalue weighted by molar-refractivity contribution is 7.99. The van der Waals surface area contributed by atoms with Crippen molar-refractivity contribution < 1.29 is 38.3 Å². The lowest BCUT2D eigenvalue weighted by molar-refractivity contribution is -0.200. The molecule has 2 aromatic carbocycles. The molecule has 262 valence electrons. The number of ether oxygens (including phenoxy) is 3. The Labute approximate surface area is 285 Å². The fourth-order valence-electron chi connectivity index (χ4n) is 7.68. The summed E-state index contributed by atoms with van der Waals surface area (Å²) in [4.78, 5) is 2.33. The van der Waals surface area contributed by atoms with E-state index in [1.165, 1.54) is 34.5 Å². The molecule has 3 heterocycles. The Bertz CT molecular complexity index is 1510. The highest BCUT2D eigenvalue weighted by atomic mass is 32.2. The van der Waals surface area contributed by atoms with E-state index in [0.29, 0.717) is 13.0 Å². The maximum atomic E-state index is 14.4. The fourth-order valence-corrected chi connectivity index (χ4v) is 8.35. The van der Waals surface area contributed by atoms with Crippen LogP contribution in [0.2, 0.25) is 0 Å². The number of nitrogens with two attached hydrogens (primary N) is 1. The number of nitrogens with zero attached hydrogens (tertiary/aromatic N) is 1. The zero-order valence-electron chi connectivity index (χ0n) is 27.8. The molecule has 2 aromatic rings. The van der Waals surface area contributed by atoms with Crippen molar-refractivity contribution in [3.05, 3.63) is 93.8 Å². The van der Waals surface area contributed by atoms with E-state index in [4.69, 9.17) is 19.9 Å². The van der Waals surface area contributed by atoms with Gasteiger partial charge in [-0.15, -0.1) is 11.8 Å². The summed E-state index contributed by atoms with van der Waals surface area (Å²) < 4.78 is 46.7. The van der Waals surface area contributed by atoms with Gasteiger partial charge in [0.2, 0.25) is 0 Å². The van der Waals surface area contributed by atoms with E-state index in [9.17, 15) is 24.1 Å². The van der Waals surface area contributed by atoms with Gasteiger partial charge in [-0.05, 0) is 97.7 Å². The minimum Gasteiger partial charge on any atom is -0.489 e. The normalized spacial score (nSPS) is 34.5. The minimum absolute atomic E-state index is 0.0371. The monoisotopic (exact) mass is 686 g/mol. The molecule has 0 saturated carbocycles. The third-order valence-corrected chi connectivity index (χ3v) is 11.2. The first-order valence-corrected chi connectivity index (χ1v) is 18.3. The van der Waals surface area contributed by atoms with Crippen molar-refractivity contribution >= 4 is 11.8 Å². The van der Waals surface area contributed by atoms with Gasteiger partial charge in [-0.25, -0.2) is 8.78 Å². The number of thioether (sulfide) groups is 1. The Morgan fingerprint density at radius 1 is 1.04 bits per heavy atom. The van der Waals surface area contributed by atoms with Gasteiger partial charge in [0.1, 0.15) is 59.5 Å². The van der Waals surface area contributed by atoms with Gasteiger partial charge in [-0.1, -0.05) is 31.2 Å². The van der Waals surface area contributed by atoms with Crippen LogP contribution in [0.4, 0.5) is 8.78 Å². The highest BCUT2D eigenvalue weighted by Gasteiger charge is 2.44. The molecule has 10 atom stereocenters. The summed E-state index contributed by atoms with van der Waals surface area (Å²) in [5.41, 5.74) is 10.4. The van der Waals surface area contributed by atoms with Crippen LogP contribution in [0.5, 0.6) is 0 Å². The summed E-state index contributed by atoms with van der Waals surface area (Å²) in [6.45, 7) is 6.25. The zero-order valence-corrected chi connectivity index (χ0v) is 28.6. The first kappa shape index (κ1) is 35.5. The molecular formula is C37H48F2N2O6S. The van der Waals surface area contributed by atoms with E-state index in [1.54, 1.807) is 0 Å². The van der Waals surface area contributed by atoms with Gasteiger partial charge in [0.05, 0.1) is 6.61 Å². The molecule has 48 heavy (non-hydrogen) atoms. The van der Waals surface area contributed by atoms with Crippen LogP contribution < -0.4 is 5.73 Å². The quantitative estimate of drug-likeness (QED) is 0.298. The van der Waals surface area contributed by atoms with Crippen molar-refractivity contribution in [2.45, 2.75) is 100 Å². The van der Waals surface area contributed by atoms with Crippen LogP contribution in [-0.2, 0) is 27.1 Å². The molecule has 1 aliphatic carbocycles. The number of allylic oxidation sites excluding steroid dienone is 3. The standard InChI is InChI=1S/C37H48F2N2O6S/c1-4-22-6-7-23(35-33(43)32(42)34(44)37(47-35)48-3)15-24(22)14-21-5-10-31(20(2)13-21)46-27-11-12-41(18-27)26-17-30(40)36(45-19-26)28-16-25(38)8-9-29(28)39/h5-10,15-16,21,26-27,30,32-37,42-44H,4,11-14,17-19,40H2,1-3H3/t21?,26-,27-,30+,32-,33-,34+,35+,36-,37-/m1/s1. The van der Waals surface area contributed by atoms with Gasteiger partial charge in [0, 0.05) is 30.7 Å². The molecule has 0 bridgehead atoms. The van der Waals surface area contributed by atoms with Crippen LogP contribution in [0.15, 0.2) is 59.9 Å². The number of aliphatic hydroxyl groups is 3. The Morgan fingerprint density at radius 2 is 1.85 bits per heavy atom. The van der Waals surface area contributed by atoms with Gasteiger partial charge in [-0.2, -0.15) is 0 Å². The number of rotatable bonds is 9. The van der Waals surface area contributed by atoms with E-state index in [-0.39, 0.29) is 23.6 Å². The molecule has 4 aliphatic rings. The summed E-state index contributed by atoms with van der Waals surface area (Å²) in [5.74, 6) is 0.180. The van der Waals surface area contributed by atoms with Gasteiger partial charge >= 0.3 is 0 Å². The molecule has 5 N–H and O–H groups in total. The lowest BCUT2D eigenvalue weighted by Crippen LogP contribution is -2.52. The predicted octanol–water partition coefficient (Wildman–Crippen LogP) is 4.71. The molecule has 0 spiro atoms. The molecule has 0 amide bonds. The molecule has 3 saturated heterocycles. The summed E-state index contributed by atoms with van der Waals surface area (Å²) in [6, 6.07) is 9.15. The van der Waals surface area contributed by atoms with E-state index in [1.807, 2.05) is 12.3 Å². The molecule has 0 radical (unpaired) electrons. The van der Waals surface area contributed by atoms with Crippen molar-refractivity contribution in [1.29, 1.82) is 0 Å².